The fourth-order valence-electron chi connectivity index (χ4n) is 2.44. The van der Waals surface area contributed by atoms with Crippen molar-refractivity contribution in [2.75, 3.05) is 13.1 Å². The van der Waals surface area contributed by atoms with Crippen molar-refractivity contribution in [2.45, 2.75) is 26.4 Å². The fourth-order valence-corrected chi connectivity index (χ4v) is 2.44. The van der Waals surface area contributed by atoms with Gasteiger partial charge in [-0.3, -0.25) is 14.6 Å². The van der Waals surface area contributed by atoms with Crippen LogP contribution < -0.4 is 0 Å². The summed E-state index contributed by atoms with van der Waals surface area (Å²) in [5.74, 6) is 0. The maximum absolute atomic E-state index is 4.68. The van der Waals surface area contributed by atoms with E-state index in [2.05, 4.69) is 32.7 Å². The van der Waals surface area contributed by atoms with Crippen molar-refractivity contribution in [1.29, 1.82) is 0 Å². The van der Waals surface area contributed by atoms with E-state index in [-0.39, 0.29) is 0 Å². The van der Waals surface area contributed by atoms with Crippen molar-refractivity contribution in [3.8, 4) is 11.4 Å². The van der Waals surface area contributed by atoms with Crippen LogP contribution in [0.4, 0.5) is 0 Å². The maximum atomic E-state index is 4.68. The number of hydrogen-bond donors (Lipinski definition) is 0. The van der Waals surface area contributed by atoms with Crippen molar-refractivity contribution < 1.29 is 0 Å². The molecule has 18 heavy (non-hydrogen) atoms. The monoisotopic (exact) mass is 242 g/mol. The van der Waals surface area contributed by atoms with Crippen LogP contribution in [0.25, 0.3) is 11.4 Å². The molecule has 0 radical (unpaired) electrons. The first kappa shape index (κ1) is 11.4. The van der Waals surface area contributed by atoms with Crippen molar-refractivity contribution in [2.24, 2.45) is 0 Å². The smallest absolute Gasteiger partial charge is 0.111 e. The predicted molar refractivity (Wildman–Crippen MR) is 71.0 cm³/mol. The molecule has 4 nitrogen and oxygen atoms in total. The van der Waals surface area contributed by atoms with Crippen LogP contribution in [0.15, 0.2) is 30.5 Å². The fraction of sp³-hybridized carbons (Fsp3) is 0.429. The molecule has 0 amide bonds. The number of pyridine rings is 1. The summed E-state index contributed by atoms with van der Waals surface area (Å²) in [7, 11) is 0. The van der Waals surface area contributed by atoms with Gasteiger partial charge in [0.25, 0.3) is 0 Å². The summed E-state index contributed by atoms with van der Waals surface area (Å²) in [5, 5.41) is 4.68. The Balaban J connectivity index is 1.93. The summed E-state index contributed by atoms with van der Waals surface area (Å²) in [4.78, 5) is 6.83. The molecule has 2 aromatic heterocycles. The number of aromatic nitrogens is 3. The summed E-state index contributed by atoms with van der Waals surface area (Å²) < 4.78 is 2.14. The molecule has 2 aromatic rings. The highest BCUT2D eigenvalue weighted by molar-refractivity contribution is 5.53. The van der Waals surface area contributed by atoms with Crippen LogP contribution in [0.5, 0.6) is 0 Å². The zero-order chi connectivity index (χ0) is 12.4. The molecule has 1 aliphatic heterocycles. The first-order valence-corrected chi connectivity index (χ1v) is 6.57. The van der Waals surface area contributed by atoms with Crippen LogP contribution in [0.1, 0.15) is 19.0 Å². The number of aryl methyl sites for hydroxylation is 1. The van der Waals surface area contributed by atoms with Gasteiger partial charge < -0.3 is 0 Å². The number of hydrogen-bond acceptors (Lipinski definition) is 3. The topological polar surface area (TPSA) is 34.0 Å². The van der Waals surface area contributed by atoms with Gasteiger partial charge in [0.05, 0.1) is 11.4 Å². The minimum absolute atomic E-state index is 0.959. The van der Waals surface area contributed by atoms with E-state index in [0.29, 0.717) is 0 Å². The Morgan fingerprint density at radius 1 is 1.22 bits per heavy atom. The van der Waals surface area contributed by atoms with Crippen LogP contribution in [0.3, 0.4) is 0 Å². The van der Waals surface area contributed by atoms with Crippen molar-refractivity contribution in [1.82, 2.24) is 19.7 Å². The molecule has 3 heterocycles. The van der Waals surface area contributed by atoms with E-state index in [1.54, 1.807) is 0 Å². The largest absolute Gasteiger partial charge is 0.298 e. The Morgan fingerprint density at radius 3 is 2.94 bits per heavy atom. The lowest BCUT2D eigenvalue weighted by Gasteiger charge is -2.15. The van der Waals surface area contributed by atoms with Gasteiger partial charge in [-0.15, -0.1) is 0 Å². The summed E-state index contributed by atoms with van der Waals surface area (Å²) in [6, 6.07) is 8.13. The minimum Gasteiger partial charge on any atom is -0.298 e. The van der Waals surface area contributed by atoms with Gasteiger partial charge in [0, 0.05) is 25.8 Å². The summed E-state index contributed by atoms with van der Waals surface area (Å²) in [6.07, 6.45) is 2.99. The maximum Gasteiger partial charge on any atom is 0.111 e. The van der Waals surface area contributed by atoms with Gasteiger partial charge in [-0.1, -0.05) is 13.0 Å². The molecular formula is C14H18N4. The lowest BCUT2D eigenvalue weighted by molar-refractivity contribution is 0.284. The molecule has 0 aliphatic carbocycles. The van der Waals surface area contributed by atoms with E-state index in [0.717, 1.165) is 31.0 Å². The molecule has 4 heteroatoms. The van der Waals surface area contributed by atoms with E-state index >= 15 is 0 Å². The van der Waals surface area contributed by atoms with Gasteiger partial charge in [0.1, 0.15) is 5.69 Å². The normalized spacial score (nSPS) is 16.3. The van der Waals surface area contributed by atoms with Crippen LogP contribution in [0, 0.1) is 0 Å². The van der Waals surface area contributed by atoms with Crippen molar-refractivity contribution in [3.05, 3.63) is 36.2 Å². The highest BCUT2D eigenvalue weighted by atomic mass is 15.3. The number of rotatable bonds is 2. The Hall–Kier alpha value is -1.68. The van der Waals surface area contributed by atoms with E-state index in [4.69, 9.17) is 0 Å². The molecule has 0 saturated heterocycles. The quantitative estimate of drug-likeness (QED) is 0.809. The van der Waals surface area contributed by atoms with E-state index in [9.17, 15) is 0 Å². The van der Waals surface area contributed by atoms with Gasteiger partial charge in [-0.25, -0.2) is 0 Å². The van der Waals surface area contributed by atoms with Crippen molar-refractivity contribution >= 4 is 0 Å². The van der Waals surface area contributed by atoms with Crippen molar-refractivity contribution in [3.63, 3.8) is 0 Å². The summed E-state index contributed by atoms with van der Waals surface area (Å²) >= 11 is 0. The van der Waals surface area contributed by atoms with Gasteiger partial charge >= 0.3 is 0 Å². The second kappa shape index (κ2) is 4.90. The highest BCUT2D eigenvalue weighted by Crippen LogP contribution is 2.19. The molecule has 0 aromatic carbocycles. The first-order valence-electron chi connectivity index (χ1n) is 6.57. The average molecular weight is 242 g/mol. The Bertz CT molecular complexity index is 518. The Morgan fingerprint density at radius 2 is 2.17 bits per heavy atom. The molecule has 1 aliphatic rings. The minimum atomic E-state index is 0.959. The van der Waals surface area contributed by atoms with Gasteiger partial charge in [0.2, 0.25) is 0 Å². The molecule has 0 atom stereocenters. The molecule has 94 valence electrons. The molecule has 0 spiro atoms. The molecular weight excluding hydrogens is 224 g/mol. The average Bonchev–Trinajstić information content (AvgIpc) is 2.72. The third-order valence-electron chi connectivity index (χ3n) is 3.47. The Labute approximate surface area is 107 Å². The van der Waals surface area contributed by atoms with Gasteiger partial charge in [-0.05, 0) is 31.2 Å². The second-order valence-electron chi connectivity index (χ2n) is 4.68. The Kier molecular flexibility index (Phi) is 3.11. The van der Waals surface area contributed by atoms with Crippen LogP contribution in [-0.4, -0.2) is 32.8 Å². The van der Waals surface area contributed by atoms with E-state index in [1.165, 1.54) is 18.7 Å². The van der Waals surface area contributed by atoms with Crippen LogP contribution >= 0.6 is 0 Å². The molecule has 0 N–H and O–H groups in total. The lowest BCUT2D eigenvalue weighted by atomic mass is 10.2. The zero-order valence-corrected chi connectivity index (χ0v) is 10.7. The SMILES string of the molecule is CCN1CCCn2nc(-c3ccccn3)cc2C1. The van der Waals surface area contributed by atoms with Crippen LogP contribution in [-0.2, 0) is 13.1 Å². The zero-order valence-electron chi connectivity index (χ0n) is 10.7. The number of fused-ring (bicyclic) bond motifs is 1. The van der Waals surface area contributed by atoms with Crippen LogP contribution in [0.2, 0.25) is 0 Å². The number of nitrogens with zero attached hydrogens (tertiary/aromatic N) is 4. The second-order valence-corrected chi connectivity index (χ2v) is 4.68. The molecule has 0 saturated carbocycles. The molecule has 0 bridgehead atoms. The van der Waals surface area contributed by atoms with E-state index < -0.39 is 0 Å². The highest BCUT2D eigenvalue weighted by Gasteiger charge is 2.16. The third kappa shape index (κ3) is 2.16. The third-order valence-corrected chi connectivity index (χ3v) is 3.47. The van der Waals surface area contributed by atoms with Gasteiger partial charge in [0.15, 0.2) is 0 Å². The van der Waals surface area contributed by atoms with Gasteiger partial charge in [-0.2, -0.15) is 5.10 Å². The standard InChI is InChI=1S/C14H18N4/c1-2-17-8-5-9-18-12(11-17)10-14(16-18)13-6-3-4-7-15-13/h3-4,6-7,10H,2,5,8-9,11H2,1H3. The predicted octanol–water partition coefficient (Wildman–Crippen LogP) is 2.17. The molecule has 0 unspecified atom stereocenters. The van der Waals surface area contributed by atoms with E-state index in [1.807, 2.05) is 24.4 Å². The summed E-state index contributed by atoms with van der Waals surface area (Å²) in [5.41, 5.74) is 3.25. The first-order chi connectivity index (χ1) is 8.86. The lowest BCUT2D eigenvalue weighted by Crippen LogP contribution is -2.22. The summed E-state index contributed by atoms with van der Waals surface area (Å²) in [6.45, 7) is 6.49. The molecule has 3 rings (SSSR count). The molecule has 0 fully saturated rings.